The molecule has 4 atom stereocenters. The van der Waals surface area contributed by atoms with Gasteiger partial charge in [-0.25, -0.2) is 4.57 Å². The number of hydrogen-bond donors (Lipinski definition) is 4. The lowest BCUT2D eigenvalue weighted by Gasteiger charge is -2.28. The lowest BCUT2D eigenvalue weighted by molar-refractivity contribution is -0.870. The van der Waals surface area contributed by atoms with Crippen molar-refractivity contribution >= 4 is 13.7 Å². The van der Waals surface area contributed by atoms with Gasteiger partial charge in [0.1, 0.15) is 19.3 Å². The number of nitrogens with one attached hydrogen (secondary N) is 1. The molecule has 0 saturated heterocycles. The van der Waals surface area contributed by atoms with Crippen molar-refractivity contribution in [1.29, 1.82) is 0 Å². The van der Waals surface area contributed by atoms with Crippen molar-refractivity contribution in [3.8, 4) is 0 Å². The molecule has 0 bridgehead atoms. The summed E-state index contributed by atoms with van der Waals surface area (Å²) in [6.45, 7) is 4.59. The highest BCUT2D eigenvalue weighted by atomic mass is 31.2. The molecule has 1 amide bonds. The molecule has 0 aliphatic carbocycles. The summed E-state index contributed by atoms with van der Waals surface area (Å²) in [4.78, 5) is 23.3. The maximum absolute atomic E-state index is 13.0. The third kappa shape index (κ3) is 45.9. The Kier molecular flexibility index (Phi) is 44.0. The van der Waals surface area contributed by atoms with E-state index in [0.717, 1.165) is 32.1 Å². The largest absolute Gasteiger partial charge is 0.472 e. The van der Waals surface area contributed by atoms with Crippen molar-refractivity contribution in [2.45, 2.75) is 270 Å². The molecular weight excluding hydrogens is 808 g/mol. The SMILES string of the molecule is CCCCCCCCC/C=C/CCCC(O)C(O)C(COP(=O)(O)OCC[N+](C)(C)C)NC(=O)CCCCCCCCCCCCCCCCC/C=C\CCCCCCCCCC. The Labute approximate surface area is 390 Å². The van der Waals surface area contributed by atoms with Crippen LogP contribution in [0.15, 0.2) is 24.3 Å². The second kappa shape index (κ2) is 44.8. The molecule has 0 fully saturated rings. The first-order valence-corrected chi connectivity index (χ1v) is 28.3. The van der Waals surface area contributed by atoms with Gasteiger partial charge in [0.05, 0.1) is 39.9 Å². The van der Waals surface area contributed by atoms with E-state index < -0.39 is 32.7 Å². The number of phosphoric acid groups is 1. The molecule has 0 heterocycles. The van der Waals surface area contributed by atoms with Gasteiger partial charge in [0, 0.05) is 6.42 Å². The summed E-state index contributed by atoms with van der Waals surface area (Å²) in [7, 11) is 1.43. The lowest BCUT2D eigenvalue weighted by Crippen LogP contribution is -2.51. The van der Waals surface area contributed by atoms with Crippen LogP contribution in [0.3, 0.4) is 0 Å². The van der Waals surface area contributed by atoms with E-state index in [2.05, 4.69) is 43.5 Å². The maximum Gasteiger partial charge on any atom is 0.472 e. The number of nitrogens with zero attached hydrogens (tertiary/aromatic N) is 1. The minimum Gasteiger partial charge on any atom is -0.390 e. The van der Waals surface area contributed by atoms with Crippen LogP contribution < -0.4 is 5.32 Å². The Balaban J connectivity index is 4.21. The Morgan fingerprint density at radius 2 is 0.889 bits per heavy atom. The van der Waals surface area contributed by atoms with Crippen LogP contribution in [-0.4, -0.2) is 84.6 Å². The van der Waals surface area contributed by atoms with Gasteiger partial charge >= 0.3 is 7.82 Å². The molecule has 0 aromatic carbocycles. The molecule has 4 N–H and O–H groups in total. The Morgan fingerprint density at radius 3 is 1.27 bits per heavy atom. The van der Waals surface area contributed by atoms with E-state index in [1.165, 1.54) is 186 Å². The van der Waals surface area contributed by atoms with Crippen LogP contribution in [0.2, 0.25) is 0 Å². The molecule has 0 spiro atoms. The number of carbonyl (C=O) groups is 1. The van der Waals surface area contributed by atoms with Crippen molar-refractivity contribution in [2.75, 3.05) is 40.9 Å². The topological polar surface area (TPSA) is 125 Å². The smallest absolute Gasteiger partial charge is 0.390 e. The first-order valence-electron chi connectivity index (χ1n) is 26.8. The number of hydrogen-bond acceptors (Lipinski definition) is 6. The van der Waals surface area contributed by atoms with Gasteiger partial charge in [-0.1, -0.05) is 205 Å². The highest BCUT2D eigenvalue weighted by Crippen LogP contribution is 2.43. The first kappa shape index (κ1) is 61.9. The molecule has 374 valence electrons. The van der Waals surface area contributed by atoms with E-state index >= 15 is 0 Å². The minimum absolute atomic E-state index is 0.0180. The minimum atomic E-state index is -4.42. The number of phosphoric ester groups is 1. The van der Waals surface area contributed by atoms with Crippen LogP contribution in [0.25, 0.3) is 0 Å². The monoisotopic (exact) mass is 914 g/mol. The molecule has 0 aliphatic heterocycles. The average Bonchev–Trinajstić information content (AvgIpc) is 3.24. The fourth-order valence-corrected chi connectivity index (χ4v) is 8.70. The summed E-state index contributed by atoms with van der Waals surface area (Å²) in [5.41, 5.74) is 0. The van der Waals surface area contributed by atoms with Gasteiger partial charge in [-0.15, -0.1) is 0 Å². The van der Waals surface area contributed by atoms with Crippen LogP contribution >= 0.6 is 7.82 Å². The summed E-state index contributed by atoms with van der Waals surface area (Å²) in [5.74, 6) is -0.265. The molecule has 63 heavy (non-hydrogen) atoms. The van der Waals surface area contributed by atoms with Crippen molar-refractivity contribution in [3.05, 3.63) is 24.3 Å². The zero-order valence-corrected chi connectivity index (χ0v) is 43.1. The van der Waals surface area contributed by atoms with Gasteiger partial charge in [0.25, 0.3) is 0 Å². The average molecular weight is 914 g/mol. The molecule has 9 nitrogen and oxygen atoms in total. The third-order valence-corrected chi connectivity index (χ3v) is 13.2. The number of allylic oxidation sites excluding steroid dienone is 4. The third-order valence-electron chi connectivity index (χ3n) is 12.3. The normalized spacial score (nSPS) is 14.7. The number of carbonyl (C=O) groups excluding carboxylic acids is 1. The van der Waals surface area contributed by atoms with Gasteiger partial charge < -0.3 is 24.9 Å². The second-order valence-electron chi connectivity index (χ2n) is 19.7. The predicted molar refractivity (Wildman–Crippen MR) is 269 cm³/mol. The summed E-state index contributed by atoms with van der Waals surface area (Å²) in [6.07, 6.45) is 51.2. The van der Waals surface area contributed by atoms with E-state index in [9.17, 15) is 24.5 Å². The molecule has 0 aromatic rings. The van der Waals surface area contributed by atoms with Crippen LogP contribution in [0.1, 0.15) is 251 Å². The van der Waals surface area contributed by atoms with E-state index in [4.69, 9.17) is 9.05 Å². The molecule has 10 heteroatoms. The van der Waals surface area contributed by atoms with Crippen LogP contribution in [0, 0.1) is 0 Å². The molecule has 0 radical (unpaired) electrons. The van der Waals surface area contributed by atoms with Gasteiger partial charge in [-0.3, -0.25) is 13.8 Å². The van der Waals surface area contributed by atoms with Crippen molar-refractivity contribution < 1.29 is 38.0 Å². The number of quaternary nitrogens is 1. The Bertz CT molecular complexity index is 1100. The first-order chi connectivity index (χ1) is 30.4. The van der Waals surface area contributed by atoms with E-state index in [-0.39, 0.29) is 18.9 Å². The molecule has 0 aliphatic rings. The summed E-state index contributed by atoms with van der Waals surface area (Å²) >= 11 is 0. The standard InChI is InChI=1S/C53H105N2O7P/c1-6-8-10-12-14-16-18-20-21-22-23-24-25-26-27-28-29-30-31-32-33-34-36-38-40-42-44-46-52(57)54-50(49-62-63(59,60)61-48-47-55(3,4)5)53(58)51(56)45-43-41-39-37-35-19-17-15-13-11-9-7-2/h22-23,37,39,50-51,53,56,58H,6-21,24-36,38,40-49H2,1-5H3,(H-,54,57,59,60)/p+1/b23-22-,39-37+. The molecule has 0 aromatic heterocycles. The summed E-state index contributed by atoms with van der Waals surface area (Å²) < 4.78 is 23.6. The van der Waals surface area contributed by atoms with Gasteiger partial charge in [0.15, 0.2) is 0 Å². The zero-order chi connectivity index (χ0) is 46.5. The predicted octanol–water partition coefficient (Wildman–Crippen LogP) is 14.6. The molecule has 0 rings (SSSR count). The van der Waals surface area contributed by atoms with E-state index in [1.54, 1.807) is 0 Å². The van der Waals surface area contributed by atoms with Crippen molar-refractivity contribution in [3.63, 3.8) is 0 Å². The number of aliphatic hydroxyl groups excluding tert-OH is 2. The maximum atomic E-state index is 13.0. The second-order valence-corrected chi connectivity index (χ2v) is 21.2. The summed E-state index contributed by atoms with van der Waals surface area (Å²) in [6, 6.07) is -1.05. The quantitative estimate of drug-likeness (QED) is 0.0207. The molecule has 4 unspecified atom stereocenters. The summed E-state index contributed by atoms with van der Waals surface area (Å²) in [5, 5.41) is 24.7. The van der Waals surface area contributed by atoms with E-state index in [0.29, 0.717) is 23.9 Å². The van der Waals surface area contributed by atoms with Gasteiger partial charge in [-0.05, 0) is 64.2 Å². The van der Waals surface area contributed by atoms with Gasteiger partial charge in [-0.2, -0.15) is 0 Å². The molecular formula is C53H106N2O7P+. The van der Waals surface area contributed by atoms with Crippen molar-refractivity contribution in [1.82, 2.24) is 5.32 Å². The number of aliphatic hydroxyl groups is 2. The van der Waals surface area contributed by atoms with Crippen LogP contribution in [0.5, 0.6) is 0 Å². The lowest BCUT2D eigenvalue weighted by atomic mass is 10.0. The van der Waals surface area contributed by atoms with E-state index in [1.807, 2.05) is 21.1 Å². The van der Waals surface area contributed by atoms with Gasteiger partial charge in [0.2, 0.25) is 5.91 Å². The fraction of sp³-hybridized carbons (Fsp3) is 0.906. The fourth-order valence-electron chi connectivity index (χ4n) is 7.96. The number of unbranched alkanes of at least 4 members (excludes halogenated alkanes) is 31. The Morgan fingerprint density at radius 1 is 0.540 bits per heavy atom. The van der Waals surface area contributed by atoms with Crippen LogP contribution in [0.4, 0.5) is 0 Å². The highest BCUT2D eigenvalue weighted by Gasteiger charge is 2.31. The number of likely N-dealkylation sites (N-methyl/N-ethyl adjacent to an activating group) is 1. The highest BCUT2D eigenvalue weighted by molar-refractivity contribution is 7.47. The Hall–Kier alpha value is -1.06. The number of amides is 1. The van der Waals surface area contributed by atoms with Crippen molar-refractivity contribution in [2.24, 2.45) is 0 Å². The molecule has 0 saturated carbocycles. The number of rotatable bonds is 49. The van der Waals surface area contributed by atoms with Crippen LogP contribution in [-0.2, 0) is 18.4 Å². The zero-order valence-electron chi connectivity index (χ0n) is 42.2.